The van der Waals surface area contributed by atoms with Crippen molar-refractivity contribution in [1.29, 1.82) is 0 Å². The highest BCUT2D eigenvalue weighted by molar-refractivity contribution is 5.95. The van der Waals surface area contributed by atoms with Crippen LogP contribution >= 0.6 is 0 Å². The summed E-state index contributed by atoms with van der Waals surface area (Å²) in [6.45, 7) is 2.83. The van der Waals surface area contributed by atoms with Crippen molar-refractivity contribution in [2.24, 2.45) is 0 Å². The van der Waals surface area contributed by atoms with Gasteiger partial charge in [-0.3, -0.25) is 9.59 Å². The van der Waals surface area contributed by atoms with Crippen LogP contribution in [-0.4, -0.2) is 28.4 Å². The van der Waals surface area contributed by atoms with Gasteiger partial charge in [-0.1, -0.05) is 80.1 Å². The molecule has 0 aliphatic carbocycles. The highest BCUT2D eigenvalue weighted by atomic mass is 16.5. The average molecular weight is 538 g/mol. The van der Waals surface area contributed by atoms with Crippen LogP contribution in [0.4, 0.5) is 0 Å². The topological polar surface area (TPSA) is 76.1 Å². The van der Waals surface area contributed by atoms with Crippen LogP contribution in [0, 0.1) is 0 Å². The third-order valence-electron chi connectivity index (χ3n) is 6.51. The van der Waals surface area contributed by atoms with Crippen molar-refractivity contribution in [2.75, 3.05) is 6.54 Å². The predicted molar refractivity (Wildman–Crippen MR) is 155 cm³/mol. The summed E-state index contributed by atoms with van der Waals surface area (Å²) < 4.78 is 11.7. The minimum Gasteiger partial charge on any atom is -0.489 e. The average Bonchev–Trinajstić information content (AvgIpc) is 2.99. The Hall–Kier alpha value is -4.58. The first-order valence-corrected chi connectivity index (χ1v) is 13.6. The smallest absolute Gasteiger partial charge is 0.323 e. The first kappa shape index (κ1) is 28.4. The summed E-state index contributed by atoms with van der Waals surface area (Å²) in [5.74, 6) is -0.0907. The normalized spacial score (nSPS) is 10.6. The lowest BCUT2D eigenvalue weighted by molar-refractivity contribution is -0.137. The van der Waals surface area contributed by atoms with Gasteiger partial charge in [-0.25, -0.2) is 0 Å². The number of carboxylic acid groups (broad SMARTS) is 1. The van der Waals surface area contributed by atoms with Crippen molar-refractivity contribution >= 4 is 11.9 Å². The Morgan fingerprint density at radius 3 is 1.77 bits per heavy atom. The fourth-order valence-corrected chi connectivity index (χ4v) is 4.24. The second kappa shape index (κ2) is 14.5. The van der Waals surface area contributed by atoms with Crippen molar-refractivity contribution < 1.29 is 24.2 Å². The number of hydrogen-bond donors (Lipinski definition) is 1. The molecule has 6 heteroatoms. The number of rotatable bonds is 14. The number of carbonyl (C=O) groups excluding carboxylic acids is 1. The Kier molecular flexibility index (Phi) is 10.3. The van der Waals surface area contributed by atoms with E-state index in [1.807, 2.05) is 54.6 Å². The Bertz CT molecular complexity index is 1350. The fraction of sp³-hybridized carbons (Fsp3) is 0.235. The summed E-state index contributed by atoms with van der Waals surface area (Å²) in [7, 11) is 0. The molecule has 0 saturated heterocycles. The first-order chi connectivity index (χ1) is 19.5. The van der Waals surface area contributed by atoms with E-state index < -0.39 is 12.5 Å². The summed E-state index contributed by atoms with van der Waals surface area (Å²) in [6, 6.07) is 32.5. The van der Waals surface area contributed by atoms with E-state index in [1.165, 1.54) is 23.3 Å². The number of hydrogen-bond acceptors (Lipinski definition) is 4. The molecule has 4 rings (SSSR count). The molecule has 0 heterocycles. The number of carboxylic acids is 1. The predicted octanol–water partition coefficient (Wildman–Crippen LogP) is 6.91. The third kappa shape index (κ3) is 8.73. The standard InChI is InChI=1S/C34H35NO5/c1-2-3-7-26-10-12-29(13-11-26)25-40-32-20-16-30(17-21-32)34(38)35(23-33(36)37)22-27-14-18-31(19-15-27)39-24-28-8-5-4-6-9-28/h4-6,8-21H,2-3,7,22-25H2,1H3,(H,36,37). The maximum Gasteiger partial charge on any atom is 0.323 e. The molecule has 1 N–H and O–H groups in total. The molecule has 4 aromatic rings. The number of benzene rings is 4. The minimum atomic E-state index is -1.07. The molecule has 0 radical (unpaired) electrons. The van der Waals surface area contributed by atoms with Crippen LogP contribution in [0.25, 0.3) is 0 Å². The van der Waals surface area contributed by atoms with Crippen molar-refractivity contribution in [1.82, 2.24) is 4.90 Å². The Balaban J connectivity index is 1.33. The first-order valence-electron chi connectivity index (χ1n) is 13.6. The molecule has 0 saturated carbocycles. The maximum atomic E-state index is 13.2. The maximum absolute atomic E-state index is 13.2. The third-order valence-corrected chi connectivity index (χ3v) is 6.51. The van der Waals surface area contributed by atoms with Gasteiger partial charge in [-0.05, 0) is 71.5 Å². The zero-order valence-electron chi connectivity index (χ0n) is 22.8. The van der Waals surface area contributed by atoms with E-state index in [2.05, 4.69) is 31.2 Å². The Morgan fingerprint density at radius 2 is 1.20 bits per heavy atom. The monoisotopic (exact) mass is 537 g/mol. The SMILES string of the molecule is CCCCc1ccc(COc2ccc(C(=O)N(CC(=O)O)Cc3ccc(OCc4ccccc4)cc3)cc2)cc1. The number of carbonyl (C=O) groups is 2. The number of nitrogens with zero attached hydrogens (tertiary/aromatic N) is 1. The molecule has 6 nitrogen and oxygen atoms in total. The van der Waals surface area contributed by atoms with E-state index in [-0.39, 0.29) is 12.5 Å². The van der Waals surface area contributed by atoms with Crippen molar-refractivity contribution in [3.8, 4) is 11.5 Å². The van der Waals surface area contributed by atoms with Gasteiger partial charge >= 0.3 is 5.97 Å². The second-order valence-electron chi connectivity index (χ2n) is 9.71. The number of amides is 1. The van der Waals surface area contributed by atoms with Crippen molar-refractivity contribution in [3.63, 3.8) is 0 Å². The lowest BCUT2D eigenvalue weighted by atomic mass is 10.1. The molecule has 0 bridgehead atoms. The number of aryl methyl sites for hydroxylation is 1. The Morgan fingerprint density at radius 1 is 0.675 bits per heavy atom. The number of aliphatic carboxylic acids is 1. The summed E-state index contributed by atoms with van der Waals surface area (Å²) in [5, 5.41) is 9.43. The molecule has 4 aromatic carbocycles. The van der Waals surface area contributed by atoms with Crippen LogP contribution in [0.15, 0.2) is 103 Å². The fourth-order valence-electron chi connectivity index (χ4n) is 4.24. The Labute approximate surface area is 235 Å². The highest BCUT2D eigenvalue weighted by Crippen LogP contribution is 2.19. The van der Waals surface area contributed by atoms with E-state index in [9.17, 15) is 14.7 Å². The van der Waals surface area contributed by atoms with Gasteiger partial charge in [0.2, 0.25) is 0 Å². The zero-order valence-corrected chi connectivity index (χ0v) is 22.8. The van der Waals surface area contributed by atoms with Gasteiger partial charge in [-0.2, -0.15) is 0 Å². The molecule has 0 unspecified atom stereocenters. The highest BCUT2D eigenvalue weighted by Gasteiger charge is 2.19. The van der Waals surface area contributed by atoms with Crippen LogP contribution in [0.2, 0.25) is 0 Å². The quantitative estimate of drug-likeness (QED) is 0.189. The number of unbranched alkanes of at least 4 members (excludes halogenated alkanes) is 1. The molecule has 0 fully saturated rings. The molecule has 1 amide bonds. The van der Waals surface area contributed by atoms with Crippen molar-refractivity contribution in [3.05, 3.63) is 131 Å². The number of ether oxygens (including phenoxy) is 2. The summed E-state index contributed by atoms with van der Waals surface area (Å²) >= 11 is 0. The second-order valence-corrected chi connectivity index (χ2v) is 9.71. The van der Waals surface area contributed by atoms with Gasteiger partial charge in [0.05, 0.1) is 0 Å². The summed E-state index contributed by atoms with van der Waals surface area (Å²) in [5.41, 5.74) is 4.67. The van der Waals surface area contributed by atoms with Crippen LogP contribution in [0.1, 0.15) is 52.4 Å². The van der Waals surface area contributed by atoms with E-state index in [0.717, 1.165) is 23.1 Å². The van der Waals surface area contributed by atoms with E-state index in [1.54, 1.807) is 24.3 Å². The minimum absolute atomic E-state index is 0.163. The van der Waals surface area contributed by atoms with Crippen LogP contribution in [-0.2, 0) is 31.0 Å². The largest absolute Gasteiger partial charge is 0.489 e. The molecule has 0 aliphatic heterocycles. The van der Waals surface area contributed by atoms with E-state index in [4.69, 9.17) is 9.47 Å². The van der Waals surface area contributed by atoms with Crippen LogP contribution in [0.3, 0.4) is 0 Å². The molecule has 0 atom stereocenters. The van der Waals surface area contributed by atoms with Crippen LogP contribution in [0.5, 0.6) is 11.5 Å². The molecule has 40 heavy (non-hydrogen) atoms. The molecule has 0 spiro atoms. The molecule has 206 valence electrons. The van der Waals surface area contributed by atoms with Gasteiger partial charge in [0, 0.05) is 12.1 Å². The van der Waals surface area contributed by atoms with Gasteiger partial charge in [0.1, 0.15) is 31.3 Å². The zero-order chi connectivity index (χ0) is 28.2. The van der Waals surface area contributed by atoms with Gasteiger partial charge in [-0.15, -0.1) is 0 Å². The molecule has 0 aliphatic rings. The van der Waals surface area contributed by atoms with E-state index >= 15 is 0 Å². The van der Waals surface area contributed by atoms with Crippen LogP contribution < -0.4 is 9.47 Å². The van der Waals surface area contributed by atoms with Gasteiger partial charge in [0.15, 0.2) is 0 Å². The lowest BCUT2D eigenvalue weighted by Crippen LogP contribution is -2.35. The molecular formula is C34H35NO5. The summed E-state index contributed by atoms with van der Waals surface area (Å²) in [4.78, 5) is 26.0. The molecule has 0 aromatic heterocycles. The van der Waals surface area contributed by atoms with Gasteiger partial charge in [0.25, 0.3) is 5.91 Å². The molecular weight excluding hydrogens is 502 g/mol. The lowest BCUT2D eigenvalue weighted by Gasteiger charge is -2.21. The summed E-state index contributed by atoms with van der Waals surface area (Å²) in [6.07, 6.45) is 3.44. The van der Waals surface area contributed by atoms with Gasteiger partial charge < -0.3 is 19.5 Å². The van der Waals surface area contributed by atoms with E-state index in [0.29, 0.717) is 30.3 Å². The van der Waals surface area contributed by atoms with Crippen molar-refractivity contribution in [2.45, 2.75) is 45.9 Å².